The molecule has 0 amide bonds. The first kappa shape index (κ1) is 13.2. The average molecular weight is 225 g/mol. The summed E-state index contributed by atoms with van der Waals surface area (Å²) in [5.41, 5.74) is 0. The van der Waals surface area contributed by atoms with Gasteiger partial charge < -0.3 is 4.74 Å². The van der Waals surface area contributed by atoms with Crippen LogP contribution in [0.2, 0.25) is 0 Å². The molecule has 1 aliphatic heterocycles. The van der Waals surface area contributed by atoms with Crippen molar-refractivity contribution in [2.45, 2.75) is 33.1 Å². The summed E-state index contributed by atoms with van der Waals surface area (Å²) < 4.78 is 4.83. The lowest BCUT2D eigenvalue weighted by molar-refractivity contribution is -0.137. The van der Waals surface area contributed by atoms with Crippen LogP contribution >= 0.6 is 0 Å². The third kappa shape index (κ3) is 4.79. The minimum absolute atomic E-state index is 0.230. The first-order valence-electron chi connectivity index (χ1n) is 6.31. The predicted octanol–water partition coefficient (Wildman–Crippen LogP) is 2.23. The van der Waals surface area contributed by atoms with Crippen LogP contribution in [0.3, 0.4) is 0 Å². The van der Waals surface area contributed by atoms with Crippen molar-refractivity contribution in [2.24, 2.45) is 5.92 Å². The molecule has 16 heavy (non-hydrogen) atoms. The Hall–Kier alpha value is -0.830. The van der Waals surface area contributed by atoms with Gasteiger partial charge in [0.25, 0.3) is 0 Å². The van der Waals surface area contributed by atoms with Crippen LogP contribution in [0.15, 0.2) is 12.2 Å². The number of rotatable bonds is 5. The number of likely N-dealkylation sites (tertiary alicyclic amines) is 1. The van der Waals surface area contributed by atoms with E-state index in [0.717, 1.165) is 19.0 Å². The standard InChI is InChI=1S/C13H23NO2/c1-3-12-7-5-9-14(11-12)10-6-8-13(15)16-4-2/h6,8,12H,3-5,7,9-11H2,1-2H3/b8-6+. The number of piperidine rings is 1. The Kier molecular flexibility index (Phi) is 6.16. The number of esters is 1. The van der Waals surface area contributed by atoms with E-state index in [0.29, 0.717) is 6.61 Å². The molecule has 3 heteroatoms. The lowest BCUT2D eigenvalue weighted by atomic mass is 9.96. The molecule has 0 radical (unpaired) electrons. The van der Waals surface area contributed by atoms with E-state index in [1.165, 1.54) is 25.8 Å². The van der Waals surface area contributed by atoms with E-state index in [-0.39, 0.29) is 5.97 Å². The fourth-order valence-electron chi connectivity index (χ4n) is 2.14. The topological polar surface area (TPSA) is 29.5 Å². The van der Waals surface area contributed by atoms with Crippen LogP contribution < -0.4 is 0 Å². The van der Waals surface area contributed by atoms with E-state index in [4.69, 9.17) is 4.74 Å². The van der Waals surface area contributed by atoms with E-state index < -0.39 is 0 Å². The van der Waals surface area contributed by atoms with Crippen LogP contribution in [0, 0.1) is 5.92 Å². The molecule has 0 spiro atoms. The maximum absolute atomic E-state index is 11.1. The summed E-state index contributed by atoms with van der Waals surface area (Å²) in [6.07, 6.45) is 7.35. The summed E-state index contributed by atoms with van der Waals surface area (Å²) in [6.45, 7) is 7.72. The van der Waals surface area contributed by atoms with Crippen molar-refractivity contribution in [3.8, 4) is 0 Å². The Balaban J connectivity index is 2.23. The lowest BCUT2D eigenvalue weighted by Crippen LogP contribution is -2.35. The summed E-state index contributed by atoms with van der Waals surface area (Å²) in [5, 5.41) is 0. The van der Waals surface area contributed by atoms with Gasteiger partial charge in [0.05, 0.1) is 6.61 Å². The van der Waals surface area contributed by atoms with Gasteiger partial charge in [-0.3, -0.25) is 4.90 Å². The first-order valence-corrected chi connectivity index (χ1v) is 6.31. The zero-order chi connectivity index (χ0) is 11.8. The van der Waals surface area contributed by atoms with Gasteiger partial charge in [0.1, 0.15) is 0 Å². The van der Waals surface area contributed by atoms with Crippen LogP contribution in [0.5, 0.6) is 0 Å². The predicted molar refractivity (Wildman–Crippen MR) is 65.2 cm³/mol. The second kappa shape index (κ2) is 7.44. The molecule has 0 aromatic rings. The number of hydrogen-bond acceptors (Lipinski definition) is 3. The van der Waals surface area contributed by atoms with Crippen molar-refractivity contribution in [2.75, 3.05) is 26.2 Å². The Bertz CT molecular complexity index is 238. The quantitative estimate of drug-likeness (QED) is 0.531. The molecule has 1 rings (SSSR count). The van der Waals surface area contributed by atoms with E-state index in [1.54, 1.807) is 6.08 Å². The summed E-state index contributed by atoms with van der Waals surface area (Å²) >= 11 is 0. The Labute approximate surface area is 98.5 Å². The van der Waals surface area contributed by atoms with Gasteiger partial charge >= 0.3 is 5.97 Å². The monoisotopic (exact) mass is 225 g/mol. The number of ether oxygens (including phenoxy) is 1. The number of carbonyl (C=O) groups excluding carboxylic acids is 1. The smallest absolute Gasteiger partial charge is 0.330 e. The summed E-state index contributed by atoms with van der Waals surface area (Å²) in [4.78, 5) is 13.5. The number of hydrogen-bond donors (Lipinski definition) is 0. The molecule has 1 unspecified atom stereocenters. The van der Waals surface area contributed by atoms with Gasteiger partial charge in [-0.05, 0) is 32.2 Å². The maximum Gasteiger partial charge on any atom is 0.330 e. The van der Waals surface area contributed by atoms with Crippen LogP contribution in [0.1, 0.15) is 33.1 Å². The molecule has 3 nitrogen and oxygen atoms in total. The van der Waals surface area contributed by atoms with Crippen molar-refractivity contribution < 1.29 is 9.53 Å². The molecule has 0 bridgehead atoms. The SMILES string of the molecule is CCOC(=O)/C=C/CN1CCCC(CC)C1. The fraction of sp³-hybridized carbons (Fsp3) is 0.769. The largest absolute Gasteiger partial charge is 0.463 e. The van der Waals surface area contributed by atoms with Gasteiger partial charge in [0.2, 0.25) is 0 Å². The van der Waals surface area contributed by atoms with E-state index in [9.17, 15) is 4.79 Å². The highest BCUT2D eigenvalue weighted by Crippen LogP contribution is 2.18. The molecule has 0 aliphatic carbocycles. The number of carbonyl (C=O) groups is 1. The molecule has 1 aliphatic rings. The fourth-order valence-corrected chi connectivity index (χ4v) is 2.14. The van der Waals surface area contributed by atoms with Crippen molar-refractivity contribution in [1.82, 2.24) is 4.90 Å². The highest BCUT2D eigenvalue weighted by Gasteiger charge is 2.16. The minimum Gasteiger partial charge on any atom is -0.463 e. The highest BCUT2D eigenvalue weighted by molar-refractivity contribution is 5.81. The van der Waals surface area contributed by atoms with Crippen LogP contribution in [0.25, 0.3) is 0 Å². The minimum atomic E-state index is -0.230. The number of nitrogens with zero attached hydrogens (tertiary/aromatic N) is 1. The molecule has 0 saturated carbocycles. The molecular formula is C13H23NO2. The van der Waals surface area contributed by atoms with E-state index in [1.807, 2.05) is 13.0 Å². The molecule has 1 heterocycles. The van der Waals surface area contributed by atoms with Crippen LogP contribution in [0.4, 0.5) is 0 Å². The third-order valence-electron chi connectivity index (χ3n) is 3.08. The van der Waals surface area contributed by atoms with Gasteiger partial charge in [0.15, 0.2) is 0 Å². The van der Waals surface area contributed by atoms with Crippen LogP contribution in [-0.2, 0) is 9.53 Å². The van der Waals surface area contributed by atoms with Crippen molar-refractivity contribution >= 4 is 5.97 Å². The van der Waals surface area contributed by atoms with Crippen molar-refractivity contribution in [3.05, 3.63) is 12.2 Å². The van der Waals surface area contributed by atoms with Gasteiger partial charge in [-0.15, -0.1) is 0 Å². The zero-order valence-corrected chi connectivity index (χ0v) is 10.4. The van der Waals surface area contributed by atoms with Crippen molar-refractivity contribution in [3.63, 3.8) is 0 Å². The molecule has 0 N–H and O–H groups in total. The summed E-state index contributed by atoms with van der Waals surface area (Å²) in [6, 6.07) is 0. The summed E-state index contributed by atoms with van der Waals surface area (Å²) in [7, 11) is 0. The second-order valence-corrected chi connectivity index (χ2v) is 4.33. The van der Waals surface area contributed by atoms with E-state index >= 15 is 0 Å². The van der Waals surface area contributed by atoms with Gasteiger partial charge in [0, 0.05) is 19.2 Å². The van der Waals surface area contributed by atoms with Gasteiger partial charge in [-0.25, -0.2) is 4.79 Å². The van der Waals surface area contributed by atoms with Gasteiger partial charge in [-0.2, -0.15) is 0 Å². The highest BCUT2D eigenvalue weighted by atomic mass is 16.5. The third-order valence-corrected chi connectivity index (χ3v) is 3.08. The van der Waals surface area contributed by atoms with Gasteiger partial charge in [-0.1, -0.05) is 19.4 Å². The molecular weight excluding hydrogens is 202 g/mol. The maximum atomic E-state index is 11.1. The zero-order valence-electron chi connectivity index (χ0n) is 10.4. The molecule has 1 saturated heterocycles. The van der Waals surface area contributed by atoms with Crippen molar-refractivity contribution in [1.29, 1.82) is 0 Å². The lowest BCUT2D eigenvalue weighted by Gasteiger charge is -2.31. The molecule has 1 fully saturated rings. The average Bonchev–Trinajstić information content (AvgIpc) is 2.30. The molecule has 0 aromatic carbocycles. The molecule has 1 atom stereocenters. The molecule has 92 valence electrons. The second-order valence-electron chi connectivity index (χ2n) is 4.33. The van der Waals surface area contributed by atoms with Crippen LogP contribution in [-0.4, -0.2) is 37.1 Å². The van der Waals surface area contributed by atoms with E-state index in [2.05, 4.69) is 11.8 Å². The Morgan fingerprint density at radius 1 is 1.50 bits per heavy atom. The summed E-state index contributed by atoms with van der Waals surface area (Å²) in [5.74, 6) is 0.608. The first-order chi connectivity index (χ1) is 7.76. The Morgan fingerprint density at radius 3 is 3.00 bits per heavy atom. The normalized spacial score (nSPS) is 22.5. The molecule has 0 aromatic heterocycles. The Morgan fingerprint density at radius 2 is 2.31 bits per heavy atom.